The van der Waals surface area contributed by atoms with Gasteiger partial charge in [0.2, 0.25) is 0 Å². The summed E-state index contributed by atoms with van der Waals surface area (Å²) in [5, 5.41) is 13.7. The van der Waals surface area contributed by atoms with E-state index in [0.717, 1.165) is 10.5 Å². The molecule has 0 bridgehead atoms. The van der Waals surface area contributed by atoms with Gasteiger partial charge in [-0.2, -0.15) is 0 Å². The van der Waals surface area contributed by atoms with Crippen LogP contribution < -0.4 is 24.4 Å². The molecule has 228 valence electrons. The van der Waals surface area contributed by atoms with Crippen molar-refractivity contribution in [1.82, 2.24) is 5.32 Å². The van der Waals surface area contributed by atoms with Gasteiger partial charge in [0.1, 0.15) is 24.5 Å². The number of hydrogen-bond acceptors (Lipinski definition) is 8. The highest BCUT2D eigenvalue weighted by molar-refractivity contribution is 6.39. The minimum Gasteiger partial charge on any atom is -0.490 e. The van der Waals surface area contributed by atoms with Crippen molar-refractivity contribution < 1.29 is 33.5 Å². The zero-order valence-electron chi connectivity index (χ0n) is 23.9. The van der Waals surface area contributed by atoms with Gasteiger partial charge < -0.3 is 14.2 Å². The molecule has 4 amide bonds. The molecule has 0 radical (unpaired) electrons. The number of carbonyl (C=O) groups excluding carboxylic acids is 3. The third kappa shape index (κ3) is 7.28. The monoisotopic (exact) mass is 627 g/mol. The second-order valence-corrected chi connectivity index (χ2v) is 10.1. The molecule has 4 aromatic carbocycles. The predicted octanol–water partition coefficient (Wildman–Crippen LogP) is 6.47. The van der Waals surface area contributed by atoms with E-state index in [1.54, 1.807) is 55.5 Å². The van der Waals surface area contributed by atoms with Crippen LogP contribution in [-0.2, 0) is 22.8 Å². The third-order valence-electron chi connectivity index (χ3n) is 6.67. The van der Waals surface area contributed by atoms with Crippen LogP contribution in [0, 0.1) is 10.1 Å². The first-order chi connectivity index (χ1) is 21.7. The number of nitrogens with one attached hydrogen (secondary N) is 1. The Morgan fingerprint density at radius 2 is 1.60 bits per heavy atom. The molecule has 11 nitrogen and oxygen atoms in total. The van der Waals surface area contributed by atoms with Gasteiger partial charge in [0, 0.05) is 22.7 Å². The summed E-state index contributed by atoms with van der Waals surface area (Å²) in [5.74, 6) is -0.389. The van der Waals surface area contributed by atoms with Crippen LogP contribution >= 0.6 is 11.6 Å². The number of benzene rings is 4. The van der Waals surface area contributed by atoms with Crippen molar-refractivity contribution in [2.24, 2.45) is 0 Å². The van der Waals surface area contributed by atoms with Crippen LogP contribution in [0.5, 0.6) is 17.2 Å². The fraction of sp³-hybridized carbons (Fsp3) is 0.121. The quantitative estimate of drug-likeness (QED) is 0.0864. The van der Waals surface area contributed by atoms with E-state index in [1.165, 1.54) is 30.3 Å². The Balaban J connectivity index is 1.31. The number of urea groups is 1. The summed E-state index contributed by atoms with van der Waals surface area (Å²) in [6.07, 6.45) is 1.36. The Bertz CT molecular complexity index is 1790. The lowest BCUT2D eigenvalue weighted by Crippen LogP contribution is -2.54. The highest BCUT2D eigenvalue weighted by atomic mass is 35.5. The first kappa shape index (κ1) is 30.8. The third-order valence-corrected chi connectivity index (χ3v) is 7.04. The summed E-state index contributed by atoms with van der Waals surface area (Å²) in [6.45, 7) is 2.46. The number of nitro benzene ring substituents is 1. The largest absolute Gasteiger partial charge is 0.490 e. The van der Waals surface area contributed by atoms with Crippen molar-refractivity contribution in [3.63, 3.8) is 0 Å². The maximum atomic E-state index is 13.4. The molecule has 1 aliphatic rings. The Morgan fingerprint density at radius 3 is 2.29 bits per heavy atom. The average molecular weight is 628 g/mol. The number of anilines is 1. The van der Waals surface area contributed by atoms with Gasteiger partial charge in [0.05, 0.1) is 17.2 Å². The second kappa shape index (κ2) is 13.7. The lowest BCUT2D eigenvalue weighted by Gasteiger charge is -2.26. The summed E-state index contributed by atoms with van der Waals surface area (Å²) in [7, 11) is 0. The highest BCUT2D eigenvalue weighted by Gasteiger charge is 2.36. The molecule has 0 spiro atoms. The summed E-state index contributed by atoms with van der Waals surface area (Å²) in [4.78, 5) is 50.1. The summed E-state index contributed by atoms with van der Waals surface area (Å²) in [6, 6.07) is 23.5. The van der Waals surface area contributed by atoms with Crippen molar-refractivity contribution in [3.8, 4) is 17.2 Å². The Kier molecular flexibility index (Phi) is 9.40. The van der Waals surface area contributed by atoms with Crippen molar-refractivity contribution in [2.45, 2.75) is 20.1 Å². The first-order valence-corrected chi connectivity index (χ1v) is 14.1. The second-order valence-electron chi connectivity index (χ2n) is 9.68. The standard InChI is InChI=1S/C33H26ClN3O8/c1-2-43-30-18-22(9-16-29(30)45-19-21-7-10-25(11-8-21)37(41)42)17-27-31(38)35-33(40)36(32(27)39)24-12-14-26(15-13-24)44-20-23-5-3-4-6-28(23)34/h3-18H,2,19-20H2,1H3,(H,35,38,40)/b27-17+. The Labute approximate surface area is 262 Å². The zero-order valence-corrected chi connectivity index (χ0v) is 24.7. The smallest absolute Gasteiger partial charge is 0.335 e. The van der Waals surface area contributed by atoms with Crippen LogP contribution in [0.15, 0.2) is 96.6 Å². The maximum Gasteiger partial charge on any atom is 0.335 e. The van der Waals surface area contributed by atoms with Crippen molar-refractivity contribution in [1.29, 1.82) is 0 Å². The molecular weight excluding hydrogens is 602 g/mol. The van der Waals surface area contributed by atoms with E-state index in [-0.39, 0.29) is 30.2 Å². The van der Waals surface area contributed by atoms with Gasteiger partial charge in [-0.05, 0) is 78.7 Å². The van der Waals surface area contributed by atoms with Gasteiger partial charge in [0.15, 0.2) is 11.5 Å². The molecule has 0 unspecified atom stereocenters. The number of carbonyl (C=O) groups is 3. The molecule has 5 rings (SSSR count). The van der Waals surface area contributed by atoms with E-state index >= 15 is 0 Å². The van der Waals surface area contributed by atoms with E-state index in [0.29, 0.717) is 40.0 Å². The molecule has 1 aliphatic heterocycles. The summed E-state index contributed by atoms with van der Waals surface area (Å²) < 4.78 is 17.4. The van der Waals surface area contributed by atoms with Crippen molar-refractivity contribution >= 4 is 46.9 Å². The van der Waals surface area contributed by atoms with Gasteiger partial charge >= 0.3 is 6.03 Å². The SMILES string of the molecule is CCOc1cc(/C=C2\C(=O)NC(=O)N(c3ccc(OCc4ccccc4Cl)cc3)C2=O)ccc1OCc1ccc([N+](=O)[O-])cc1. The van der Waals surface area contributed by atoms with Gasteiger partial charge in [-0.1, -0.05) is 35.9 Å². The number of nitrogens with zero attached hydrogens (tertiary/aromatic N) is 2. The summed E-state index contributed by atoms with van der Waals surface area (Å²) in [5.41, 5.74) is 1.93. The minimum atomic E-state index is -0.878. The Hall–Kier alpha value is -5.68. The number of nitro groups is 1. The number of imide groups is 2. The molecule has 4 aromatic rings. The zero-order chi connectivity index (χ0) is 31.9. The number of hydrogen-bond donors (Lipinski definition) is 1. The number of rotatable bonds is 11. The van der Waals surface area contributed by atoms with Crippen molar-refractivity contribution in [3.05, 3.63) is 128 Å². The lowest BCUT2D eigenvalue weighted by atomic mass is 10.1. The van der Waals surface area contributed by atoms with Crippen LogP contribution in [0.3, 0.4) is 0 Å². The van der Waals surface area contributed by atoms with Gasteiger partial charge in [-0.25, -0.2) is 9.69 Å². The first-order valence-electron chi connectivity index (χ1n) is 13.7. The molecule has 12 heteroatoms. The minimum absolute atomic E-state index is 0.0247. The van der Waals surface area contributed by atoms with Gasteiger partial charge in [-0.15, -0.1) is 0 Å². The molecule has 0 atom stereocenters. The predicted molar refractivity (Wildman–Crippen MR) is 166 cm³/mol. The number of amides is 4. The molecule has 1 N–H and O–H groups in total. The van der Waals surface area contributed by atoms with Crippen LogP contribution in [0.4, 0.5) is 16.2 Å². The number of barbiturate groups is 1. The number of ether oxygens (including phenoxy) is 3. The van der Waals surface area contributed by atoms with Crippen LogP contribution in [0.2, 0.25) is 5.02 Å². The van der Waals surface area contributed by atoms with E-state index in [9.17, 15) is 24.5 Å². The molecule has 0 aromatic heterocycles. The Morgan fingerprint density at radius 1 is 0.867 bits per heavy atom. The molecular formula is C33H26ClN3O8. The van der Waals surface area contributed by atoms with E-state index in [1.807, 2.05) is 18.2 Å². The highest BCUT2D eigenvalue weighted by Crippen LogP contribution is 2.31. The molecule has 1 heterocycles. The lowest BCUT2D eigenvalue weighted by molar-refractivity contribution is -0.384. The van der Waals surface area contributed by atoms with E-state index in [4.69, 9.17) is 25.8 Å². The molecule has 1 saturated heterocycles. The molecule has 0 saturated carbocycles. The molecule has 0 aliphatic carbocycles. The topological polar surface area (TPSA) is 137 Å². The van der Waals surface area contributed by atoms with E-state index in [2.05, 4.69) is 5.32 Å². The van der Waals surface area contributed by atoms with Crippen LogP contribution in [0.25, 0.3) is 6.08 Å². The van der Waals surface area contributed by atoms with E-state index < -0.39 is 22.8 Å². The van der Waals surface area contributed by atoms with Gasteiger partial charge in [-0.3, -0.25) is 25.0 Å². The molecule has 1 fully saturated rings. The number of non-ortho nitro benzene ring substituents is 1. The summed E-state index contributed by atoms with van der Waals surface area (Å²) >= 11 is 6.18. The maximum absolute atomic E-state index is 13.4. The average Bonchev–Trinajstić information content (AvgIpc) is 3.03. The van der Waals surface area contributed by atoms with Crippen LogP contribution in [-0.4, -0.2) is 29.4 Å². The van der Waals surface area contributed by atoms with Crippen molar-refractivity contribution in [2.75, 3.05) is 11.5 Å². The normalized spacial score (nSPS) is 13.9. The van der Waals surface area contributed by atoms with Crippen LogP contribution in [0.1, 0.15) is 23.6 Å². The fourth-order valence-electron chi connectivity index (χ4n) is 4.40. The van der Waals surface area contributed by atoms with Gasteiger partial charge in [0.25, 0.3) is 17.5 Å². The molecule has 45 heavy (non-hydrogen) atoms. The fourth-order valence-corrected chi connectivity index (χ4v) is 4.59. The number of halogens is 1.